The number of anilines is 1. The molecule has 0 spiro atoms. The number of hydrogen-bond donors (Lipinski definition) is 2. The van der Waals surface area contributed by atoms with Crippen LogP contribution in [0.1, 0.15) is 21.5 Å². The van der Waals surface area contributed by atoms with Crippen molar-refractivity contribution in [2.45, 2.75) is 12.6 Å². The topological polar surface area (TPSA) is 55.1 Å². The van der Waals surface area contributed by atoms with E-state index in [1.807, 2.05) is 12.1 Å². The maximum Gasteiger partial charge on any atom is 0.416 e. The number of hydrogen-bond acceptors (Lipinski definition) is 2. The van der Waals surface area contributed by atoms with Crippen LogP contribution in [-0.4, -0.2) is 12.5 Å². The van der Waals surface area contributed by atoms with E-state index in [2.05, 4.69) is 5.32 Å². The summed E-state index contributed by atoms with van der Waals surface area (Å²) in [6.07, 6.45) is -3.64. The molecule has 1 amide bonds. The molecule has 0 atom stereocenters. The summed E-state index contributed by atoms with van der Waals surface area (Å²) < 4.78 is 38.3. The predicted molar refractivity (Wildman–Crippen MR) is 104 cm³/mol. The Morgan fingerprint density at radius 2 is 1.54 bits per heavy atom. The lowest BCUT2D eigenvalue weighted by atomic mass is 9.98. The van der Waals surface area contributed by atoms with Crippen molar-refractivity contribution in [3.8, 4) is 11.1 Å². The molecule has 0 bridgehead atoms. The van der Waals surface area contributed by atoms with Crippen LogP contribution in [0.15, 0.2) is 72.8 Å². The minimum absolute atomic E-state index is 0.331. The molecular weight excluding hydrogens is 365 g/mol. The fourth-order valence-electron chi connectivity index (χ4n) is 2.89. The van der Waals surface area contributed by atoms with E-state index < -0.39 is 11.7 Å². The van der Waals surface area contributed by atoms with Crippen LogP contribution in [0.3, 0.4) is 0 Å². The van der Waals surface area contributed by atoms with Crippen molar-refractivity contribution in [2.24, 2.45) is 5.73 Å². The highest BCUT2D eigenvalue weighted by Gasteiger charge is 2.30. The molecule has 3 nitrogen and oxygen atoms in total. The van der Waals surface area contributed by atoms with Gasteiger partial charge in [0.2, 0.25) is 0 Å². The summed E-state index contributed by atoms with van der Waals surface area (Å²) in [5, 5.41) is 2.82. The predicted octanol–water partition coefficient (Wildman–Crippen LogP) is 5.13. The van der Waals surface area contributed by atoms with Crippen molar-refractivity contribution in [3.05, 3.63) is 89.5 Å². The first kappa shape index (κ1) is 19.6. The van der Waals surface area contributed by atoms with Crippen molar-refractivity contribution in [1.29, 1.82) is 0 Å². The minimum Gasteiger partial charge on any atom is -0.330 e. The fourth-order valence-corrected chi connectivity index (χ4v) is 2.89. The summed E-state index contributed by atoms with van der Waals surface area (Å²) in [5.74, 6) is -0.331. The van der Waals surface area contributed by atoms with Crippen LogP contribution < -0.4 is 11.1 Å². The Morgan fingerprint density at radius 3 is 2.14 bits per heavy atom. The Kier molecular flexibility index (Phi) is 5.80. The number of halogens is 3. The van der Waals surface area contributed by atoms with E-state index in [0.717, 1.165) is 24.1 Å². The van der Waals surface area contributed by atoms with Crippen LogP contribution in [-0.2, 0) is 12.6 Å². The monoisotopic (exact) mass is 384 g/mol. The van der Waals surface area contributed by atoms with Crippen LogP contribution in [0.4, 0.5) is 18.9 Å². The Hall–Kier alpha value is -3.12. The van der Waals surface area contributed by atoms with Gasteiger partial charge in [0.05, 0.1) is 5.56 Å². The molecule has 0 radical (unpaired) electrons. The van der Waals surface area contributed by atoms with Gasteiger partial charge >= 0.3 is 6.18 Å². The maximum atomic E-state index is 12.8. The average molecular weight is 384 g/mol. The van der Waals surface area contributed by atoms with E-state index in [4.69, 9.17) is 5.73 Å². The second-order valence-corrected chi connectivity index (χ2v) is 6.31. The highest BCUT2D eigenvalue weighted by molar-refractivity contribution is 6.08. The molecule has 0 heterocycles. The lowest BCUT2D eigenvalue weighted by Gasteiger charge is -2.12. The standard InChI is InChI=1S/C22H19F3N2O/c23-22(24,25)17-9-7-16(8-10-17)19-3-1-2-4-20(19)21(28)27-18-11-5-15(6-12-18)13-14-26/h1-12H,13-14,26H2,(H,27,28). The van der Waals surface area contributed by atoms with Gasteiger partial charge in [-0.05, 0) is 60.0 Å². The summed E-state index contributed by atoms with van der Waals surface area (Å²) in [6, 6.07) is 19.0. The van der Waals surface area contributed by atoms with Gasteiger partial charge in [0.1, 0.15) is 0 Å². The number of carbonyl (C=O) groups is 1. The number of nitrogens with two attached hydrogens (primary N) is 1. The molecule has 3 aromatic rings. The van der Waals surface area contributed by atoms with Gasteiger partial charge < -0.3 is 11.1 Å². The second-order valence-electron chi connectivity index (χ2n) is 6.31. The third kappa shape index (κ3) is 4.58. The SMILES string of the molecule is NCCc1ccc(NC(=O)c2ccccc2-c2ccc(C(F)(F)F)cc2)cc1. The summed E-state index contributed by atoms with van der Waals surface area (Å²) in [5.41, 5.74) is 7.99. The third-order valence-electron chi connectivity index (χ3n) is 4.34. The summed E-state index contributed by atoms with van der Waals surface area (Å²) in [4.78, 5) is 12.7. The number of benzene rings is 3. The first-order valence-corrected chi connectivity index (χ1v) is 8.75. The van der Waals surface area contributed by atoms with Crippen LogP contribution in [0.2, 0.25) is 0 Å². The number of carbonyl (C=O) groups excluding carboxylic acids is 1. The lowest BCUT2D eigenvalue weighted by molar-refractivity contribution is -0.137. The number of alkyl halides is 3. The molecule has 0 aromatic heterocycles. The van der Waals surface area contributed by atoms with Crippen molar-refractivity contribution in [3.63, 3.8) is 0 Å². The van der Waals surface area contributed by atoms with Gasteiger partial charge in [-0.3, -0.25) is 4.79 Å². The smallest absolute Gasteiger partial charge is 0.330 e. The lowest BCUT2D eigenvalue weighted by Crippen LogP contribution is -2.13. The normalized spacial score (nSPS) is 11.3. The molecule has 0 saturated carbocycles. The van der Waals surface area contributed by atoms with Crippen molar-refractivity contribution in [2.75, 3.05) is 11.9 Å². The Bertz CT molecular complexity index is 949. The van der Waals surface area contributed by atoms with E-state index in [0.29, 0.717) is 28.9 Å². The zero-order chi connectivity index (χ0) is 20.1. The quantitative estimate of drug-likeness (QED) is 0.641. The molecule has 0 aliphatic carbocycles. The van der Waals surface area contributed by atoms with Crippen molar-refractivity contribution in [1.82, 2.24) is 0 Å². The molecular formula is C22H19F3N2O. The van der Waals surface area contributed by atoms with E-state index in [1.54, 1.807) is 36.4 Å². The van der Waals surface area contributed by atoms with E-state index >= 15 is 0 Å². The first-order valence-electron chi connectivity index (χ1n) is 8.75. The minimum atomic E-state index is -4.40. The van der Waals surface area contributed by atoms with Crippen LogP contribution in [0, 0.1) is 0 Å². The molecule has 3 rings (SSSR count). The molecule has 6 heteroatoms. The zero-order valence-corrected chi connectivity index (χ0v) is 15.0. The van der Waals surface area contributed by atoms with E-state index in [1.165, 1.54) is 12.1 Å². The third-order valence-corrected chi connectivity index (χ3v) is 4.34. The van der Waals surface area contributed by atoms with Crippen LogP contribution in [0.25, 0.3) is 11.1 Å². The highest BCUT2D eigenvalue weighted by Crippen LogP contribution is 2.32. The molecule has 3 aromatic carbocycles. The Morgan fingerprint density at radius 1 is 0.893 bits per heavy atom. The van der Waals surface area contributed by atoms with Crippen molar-refractivity contribution < 1.29 is 18.0 Å². The molecule has 3 N–H and O–H groups in total. The summed E-state index contributed by atoms with van der Waals surface area (Å²) in [6.45, 7) is 0.548. The van der Waals surface area contributed by atoms with Crippen molar-refractivity contribution >= 4 is 11.6 Å². The van der Waals surface area contributed by atoms with Gasteiger partial charge in [0.15, 0.2) is 0 Å². The van der Waals surface area contributed by atoms with Crippen LogP contribution >= 0.6 is 0 Å². The summed E-state index contributed by atoms with van der Waals surface area (Å²) in [7, 11) is 0. The van der Waals surface area contributed by atoms with Gasteiger partial charge in [-0.2, -0.15) is 13.2 Å². The molecule has 0 saturated heterocycles. The van der Waals surface area contributed by atoms with Gasteiger partial charge in [-0.25, -0.2) is 0 Å². The van der Waals surface area contributed by atoms with Gasteiger partial charge in [0.25, 0.3) is 5.91 Å². The van der Waals surface area contributed by atoms with E-state index in [9.17, 15) is 18.0 Å². The maximum absolute atomic E-state index is 12.8. The zero-order valence-electron chi connectivity index (χ0n) is 15.0. The number of amides is 1. The molecule has 0 aliphatic heterocycles. The molecule has 28 heavy (non-hydrogen) atoms. The molecule has 0 unspecified atom stereocenters. The molecule has 144 valence electrons. The Labute approximate surface area is 161 Å². The second kappa shape index (κ2) is 8.27. The van der Waals surface area contributed by atoms with Gasteiger partial charge in [-0.1, -0.05) is 42.5 Å². The van der Waals surface area contributed by atoms with E-state index in [-0.39, 0.29) is 5.91 Å². The van der Waals surface area contributed by atoms with Gasteiger partial charge in [-0.15, -0.1) is 0 Å². The van der Waals surface area contributed by atoms with Gasteiger partial charge in [0, 0.05) is 11.3 Å². The van der Waals surface area contributed by atoms with Crippen LogP contribution in [0.5, 0.6) is 0 Å². The number of rotatable bonds is 5. The summed E-state index contributed by atoms with van der Waals surface area (Å²) >= 11 is 0. The fraction of sp³-hybridized carbons (Fsp3) is 0.136. The average Bonchev–Trinajstić information content (AvgIpc) is 2.69. The Balaban J connectivity index is 1.84. The highest BCUT2D eigenvalue weighted by atomic mass is 19.4. The largest absolute Gasteiger partial charge is 0.416 e. The number of nitrogens with one attached hydrogen (secondary N) is 1. The molecule has 0 aliphatic rings. The molecule has 0 fully saturated rings. The first-order chi connectivity index (χ1) is 13.4.